The number of benzene rings is 1. The summed E-state index contributed by atoms with van der Waals surface area (Å²) in [5.74, 6) is 0.861. The van der Waals surface area contributed by atoms with Crippen molar-refractivity contribution in [1.29, 1.82) is 0 Å². The molecule has 1 aliphatic rings. The number of aryl methyl sites for hydroxylation is 1. The zero-order chi connectivity index (χ0) is 16.6. The maximum absolute atomic E-state index is 12.1. The van der Waals surface area contributed by atoms with Gasteiger partial charge in [-0.1, -0.05) is 18.5 Å². The van der Waals surface area contributed by atoms with Crippen molar-refractivity contribution in [3.8, 4) is 0 Å². The fourth-order valence-electron chi connectivity index (χ4n) is 2.46. The Hall–Kier alpha value is -2.54. The smallest absolute Gasteiger partial charge is 0.310 e. The maximum atomic E-state index is 12.1. The van der Waals surface area contributed by atoms with Crippen molar-refractivity contribution in [3.05, 3.63) is 34.9 Å². The van der Waals surface area contributed by atoms with Crippen molar-refractivity contribution < 1.29 is 9.59 Å². The first-order valence-electron chi connectivity index (χ1n) is 7.14. The van der Waals surface area contributed by atoms with Crippen molar-refractivity contribution >= 4 is 40.9 Å². The van der Waals surface area contributed by atoms with Gasteiger partial charge in [-0.3, -0.25) is 14.8 Å². The van der Waals surface area contributed by atoms with E-state index in [0.717, 1.165) is 5.56 Å². The third-order valence-corrected chi connectivity index (χ3v) is 3.93. The third kappa shape index (κ3) is 3.14. The summed E-state index contributed by atoms with van der Waals surface area (Å²) in [6, 6.07) is 6.39. The first-order chi connectivity index (χ1) is 10.9. The molecule has 7 nitrogen and oxygen atoms in total. The lowest BCUT2D eigenvalue weighted by Gasteiger charge is -2.19. The van der Waals surface area contributed by atoms with Gasteiger partial charge in [0, 0.05) is 29.2 Å². The van der Waals surface area contributed by atoms with Gasteiger partial charge in [0.05, 0.1) is 0 Å². The van der Waals surface area contributed by atoms with Gasteiger partial charge in [-0.15, -0.1) is 0 Å². The maximum Gasteiger partial charge on any atom is 0.324 e. The van der Waals surface area contributed by atoms with Crippen LogP contribution in [0.4, 0.5) is 22.1 Å². The van der Waals surface area contributed by atoms with E-state index in [1.165, 1.54) is 0 Å². The standard InChI is InChI=1S/C15H16ClN5O2/c1-8-7-11-12(20-21(2)13(11)19-14(8)22)18-15(23)17-10-5-3-9(16)4-6-10/h3-6,8H,7H2,1-2H3,(H,19,22)(H2,17,18,20,23). The quantitative estimate of drug-likeness (QED) is 0.789. The van der Waals surface area contributed by atoms with Crippen LogP contribution >= 0.6 is 11.6 Å². The van der Waals surface area contributed by atoms with E-state index in [9.17, 15) is 9.59 Å². The zero-order valence-electron chi connectivity index (χ0n) is 12.7. The molecule has 0 bridgehead atoms. The number of aromatic nitrogens is 2. The van der Waals surface area contributed by atoms with Crippen LogP contribution in [0, 0.1) is 5.92 Å². The lowest BCUT2D eigenvalue weighted by Crippen LogP contribution is -2.29. The van der Waals surface area contributed by atoms with E-state index in [-0.39, 0.29) is 11.8 Å². The molecule has 23 heavy (non-hydrogen) atoms. The number of halogens is 1. The van der Waals surface area contributed by atoms with Crippen LogP contribution < -0.4 is 16.0 Å². The molecule has 0 saturated carbocycles. The van der Waals surface area contributed by atoms with Crippen LogP contribution in [-0.4, -0.2) is 21.7 Å². The van der Waals surface area contributed by atoms with E-state index >= 15 is 0 Å². The van der Waals surface area contributed by atoms with Gasteiger partial charge in [-0.25, -0.2) is 4.79 Å². The normalized spacial score (nSPS) is 16.5. The van der Waals surface area contributed by atoms with E-state index in [1.807, 2.05) is 6.92 Å². The second-order valence-corrected chi connectivity index (χ2v) is 5.92. The minimum Gasteiger partial charge on any atom is -0.310 e. The average molecular weight is 334 g/mol. The fourth-order valence-corrected chi connectivity index (χ4v) is 2.59. The molecule has 1 atom stereocenters. The van der Waals surface area contributed by atoms with Crippen molar-refractivity contribution in [3.63, 3.8) is 0 Å². The summed E-state index contributed by atoms with van der Waals surface area (Å²) in [5.41, 5.74) is 1.45. The molecule has 1 unspecified atom stereocenters. The Bertz CT molecular complexity index is 769. The molecule has 1 aromatic carbocycles. The molecular formula is C15H16ClN5O2. The van der Waals surface area contributed by atoms with Crippen molar-refractivity contribution in [1.82, 2.24) is 9.78 Å². The van der Waals surface area contributed by atoms with Crippen LogP contribution in [0.5, 0.6) is 0 Å². The molecule has 1 aromatic heterocycles. The molecule has 0 spiro atoms. The summed E-state index contributed by atoms with van der Waals surface area (Å²) in [4.78, 5) is 23.9. The van der Waals surface area contributed by atoms with E-state index in [1.54, 1.807) is 36.0 Å². The highest BCUT2D eigenvalue weighted by atomic mass is 35.5. The van der Waals surface area contributed by atoms with Crippen molar-refractivity contribution in [2.24, 2.45) is 13.0 Å². The number of nitrogens with one attached hydrogen (secondary N) is 3. The molecule has 0 radical (unpaired) electrons. The number of carbonyl (C=O) groups is 2. The Kier molecular flexibility index (Phi) is 3.96. The first-order valence-corrected chi connectivity index (χ1v) is 7.52. The third-order valence-electron chi connectivity index (χ3n) is 3.68. The molecule has 8 heteroatoms. The minimum atomic E-state index is -0.405. The highest BCUT2D eigenvalue weighted by Crippen LogP contribution is 2.31. The Morgan fingerprint density at radius 3 is 2.74 bits per heavy atom. The summed E-state index contributed by atoms with van der Waals surface area (Å²) in [6.45, 7) is 1.84. The van der Waals surface area contributed by atoms with Crippen LogP contribution in [-0.2, 0) is 18.3 Å². The van der Waals surface area contributed by atoms with Gasteiger partial charge in [0.1, 0.15) is 5.82 Å². The molecule has 3 amide bonds. The molecule has 3 rings (SSSR count). The van der Waals surface area contributed by atoms with Gasteiger partial charge in [0.15, 0.2) is 5.82 Å². The molecule has 0 fully saturated rings. The number of hydrogen-bond acceptors (Lipinski definition) is 3. The first kappa shape index (κ1) is 15.4. The number of anilines is 3. The summed E-state index contributed by atoms with van der Waals surface area (Å²) in [7, 11) is 1.72. The second kappa shape index (κ2) is 5.92. The number of hydrogen-bond donors (Lipinski definition) is 3. The molecule has 2 aromatic rings. The van der Waals surface area contributed by atoms with Crippen LogP contribution in [0.25, 0.3) is 0 Å². The van der Waals surface area contributed by atoms with Crippen LogP contribution in [0.3, 0.4) is 0 Å². The van der Waals surface area contributed by atoms with Gasteiger partial charge in [0.25, 0.3) is 0 Å². The van der Waals surface area contributed by atoms with Gasteiger partial charge in [-0.2, -0.15) is 5.10 Å². The van der Waals surface area contributed by atoms with Crippen molar-refractivity contribution in [2.45, 2.75) is 13.3 Å². The number of fused-ring (bicyclic) bond motifs is 1. The lowest BCUT2D eigenvalue weighted by atomic mass is 9.98. The SMILES string of the molecule is CC1Cc2c(NC(=O)Nc3ccc(Cl)cc3)nn(C)c2NC1=O. The van der Waals surface area contributed by atoms with Gasteiger partial charge in [-0.05, 0) is 30.7 Å². The van der Waals surface area contributed by atoms with E-state index in [2.05, 4.69) is 21.0 Å². The summed E-state index contributed by atoms with van der Waals surface area (Å²) in [6.07, 6.45) is 0.533. The van der Waals surface area contributed by atoms with Crippen LogP contribution in [0.2, 0.25) is 5.02 Å². The molecule has 0 aliphatic carbocycles. The van der Waals surface area contributed by atoms with E-state index in [4.69, 9.17) is 11.6 Å². The number of nitrogens with zero attached hydrogens (tertiary/aromatic N) is 2. The second-order valence-electron chi connectivity index (χ2n) is 5.48. The predicted molar refractivity (Wildman–Crippen MR) is 88.8 cm³/mol. The van der Waals surface area contributed by atoms with E-state index in [0.29, 0.717) is 28.8 Å². The molecule has 120 valence electrons. The van der Waals surface area contributed by atoms with Crippen LogP contribution in [0.15, 0.2) is 24.3 Å². The minimum absolute atomic E-state index is 0.0438. The summed E-state index contributed by atoms with van der Waals surface area (Å²) < 4.78 is 1.55. The summed E-state index contributed by atoms with van der Waals surface area (Å²) in [5, 5.41) is 13.1. The summed E-state index contributed by atoms with van der Waals surface area (Å²) >= 11 is 5.81. The largest absolute Gasteiger partial charge is 0.324 e. The Morgan fingerprint density at radius 2 is 2.04 bits per heavy atom. The Morgan fingerprint density at radius 1 is 1.35 bits per heavy atom. The number of carbonyl (C=O) groups excluding carboxylic acids is 2. The molecule has 1 aliphatic heterocycles. The average Bonchev–Trinajstić information content (AvgIpc) is 2.78. The Labute approximate surface area is 138 Å². The van der Waals surface area contributed by atoms with E-state index < -0.39 is 6.03 Å². The molecule has 2 heterocycles. The molecular weight excluding hydrogens is 318 g/mol. The van der Waals surface area contributed by atoms with Gasteiger partial charge in [0.2, 0.25) is 5.91 Å². The molecule has 0 saturated heterocycles. The number of urea groups is 1. The topological polar surface area (TPSA) is 88.1 Å². The highest BCUT2D eigenvalue weighted by molar-refractivity contribution is 6.30. The van der Waals surface area contributed by atoms with Gasteiger partial charge >= 0.3 is 6.03 Å². The number of rotatable bonds is 2. The molecule has 3 N–H and O–H groups in total. The zero-order valence-corrected chi connectivity index (χ0v) is 13.4. The van der Waals surface area contributed by atoms with Gasteiger partial charge < -0.3 is 10.6 Å². The predicted octanol–water partition coefficient (Wildman–Crippen LogP) is 2.85. The Balaban J connectivity index is 1.76. The van der Waals surface area contributed by atoms with Crippen LogP contribution in [0.1, 0.15) is 12.5 Å². The number of amides is 3. The fraction of sp³-hybridized carbons (Fsp3) is 0.267. The lowest BCUT2D eigenvalue weighted by molar-refractivity contribution is -0.119. The highest BCUT2D eigenvalue weighted by Gasteiger charge is 2.29. The van der Waals surface area contributed by atoms with Crippen molar-refractivity contribution in [2.75, 3.05) is 16.0 Å². The monoisotopic (exact) mass is 333 g/mol.